The van der Waals surface area contributed by atoms with Crippen molar-refractivity contribution in [3.63, 3.8) is 0 Å². The van der Waals surface area contributed by atoms with Gasteiger partial charge in [0.05, 0.1) is 5.69 Å². The third-order valence-corrected chi connectivity index (χ3v) is 3.94. The molecule has 0 radical (unpaired) electrons. The summed E-state index contributed by atoms with van der Waals surface area (Å²) in [6, 6.07) is 3.58. The Morgan fingerprint density at radius 2 is 2.17 bits per heavy atom. The number of nitrogens with one attached hydrogen (secondary N) is 1. The maximum atomic E-state index is 12.3. The topological polar surface area (TPSA) is 84.5 Å². The van der Waals surface area contributed by atoms with E-state index >= 15 is 0 Å². The summed E-state index contributed by atoms with van der Waals surface area (Å²) in [5.74, 6) is 3.22. The Balaban J connectivity index is 1.58. The van der Waals surface area contributed by atoms with Crippen molar-refractivity contribution >= 4 is 5.91 Å². The number of hydrogen-bond donors (Lipinski definition) is 1. The van der Waals surface area contributed by atoms with Crippen LogP contribution in [-0.4, -0.2) is 32.6 Å². The second-order valence-electron chi connectivity index (χ2n) is 5.64. The summed E-state index contributed by atoms with van der Waals surface area (Å²) < 4.78 is 1.90. The van der Waals surface area contributed by atoms with Crippen LogP contribution in [0.4, 0.5) is 0 Å². The average Bonchev–Trinajstić information content (AvgIpc) is 3.24. The van der Waals surface area contributed by atoms with E-state index in [-0.39, 0.29) is 11.6 Å². The highest BCUT2D eigenvalue weighted by Crippen LogP contribution is 2.36. The van der Waals surface area contributed by atoms with Gasteiger partial charge in [-0.3, -0.25) is 9.78 Å². The molecule has 3 heterocycles. The number of imidazole rings is 1. The number of rotatable bonds is 7. The molecule has 7 nitrogen and oxygen atoms in total. The molecule has 0 saturated heterocycles. The van der Waals surface area contributed by atoms with Gasteiger partial charge < -0.3 is 9.88 Å². The molecule has 0 unspecified atom stereocenters. The summed E-state index contributed by atoms with van der Waals surface area (Å²) in [7, 11) is 0. The van der Waals surface area contributed by atoms with Crippen LogP contribution in [0.15, 0.2) is 41.0 Å². The summed E-state index contributed by atoms with van der Waals surface area (Å²) in [5, 5.41) is 11.0. The molecule has 1 aliphatic heterocycles. The first-order chi connectivity index (χ1) is 11.6. The number of aromatic nitrogens is 3. The molecular formula is C17H18N6O. The van der Waals surface area contributed by atoms with Gasteiger partial charge in [0.1, 0.15) is 11.5 Å². The predicted octanol–water partition coefficient (Wildman–Crippen LogP) is 2.27. The SMILES string of the molecule is C#CCCC1(CCNC(=O)c2cc(-n3ccnc3C)ccn2)N=N1. The summed E-state index contributed by atoms with van der Waals surface area (Å²) in [6.07, 6.45) is 12.5. The van der Waals surface area contributed by atoms with Gasteiger partial charge in [-0.2, -0.15) is 10.2 Å². The zero-order chi connectivity index (χ0) is 17.0. The van der Waals surface area contributed by atoms with Gasteiger partial charge in [-0.15, -0.1) is 12.3 Å². The molecule has 7 heteroatoms. The largest absolute Gasteiger partial charge is 0.351 e. The van der Waals surface area contributed by atoms with E-state index in [9.17, 15) is 4.79 Å². The van der Waals surface area contributed by atoms with E-state index in [1.54, 1.807) is 18.5 Å². The lowest BCUT2D eigenvalue weighted by Crippen LogP contribution is -2.29. The van der Waals surface area contributed by atoms with E-state index in [2.05, 4.69) is 31.4 Å². The van der Waals surface area contributed by atoms with Crippen molar-refractivity contribution < 1.29 is 4.79 Å². The van der Waals surface area contributed by atoms with Crippen LogP contribution in [0, 0.1) is 19.3 Å². The minimum absolute atomic E-state index is 0.220. The molecule has 1 aliphatic rings. The molecule has 24 heavy (non-hydrogen) atoms. The lowest BCUT2D eigenvalue weighted by atomic mass is 10.0. The molecule has 0 spiro atoms. The van der Waals surface area contributed by atoms with Crippen LogP contribution in [0.25, 0.3) is 5.69 Å². The van der Waals surface area contributed by atoms with Crippen molar-refractivity contribution in [3.05, 3.63) is 42.2 Å². The maximum absolute atomic E-state index is 12.3. The second kappa shape index (κ2) is 6.62. The standard InChI is InChI=1S/C17H18N6O/c1-3-4-6-17(21-22-17)7-9-20-16(24)15-12-14(5-8-19-15)23-11-10-18-13(23)2/h1,5,8,10-12H,4,6-7,9H2,2H3,(H,20,24). The Morgan fingerprint density at radius 3 is 2.83 bits per heavy atom. The molecule has 2 aromatic heterocycles. The van der Waals surface area contributed by atoms with Gasteiger partial charge in [0.15, 0.2) is 5.66 Å². The molecule has 0 saturated carbocycles. The summed E-state index contributed by atoms with van der Waals surface area (Å²) in [4.78, 5) is 20.6. The monoisotopic (exact) mass is 322 g/mol. The Morgan fingerprint density at radius 1 is 1.33 bits per heavy atom. The Labute approximate surface area is 140 Å². The van der Waals surface area contributed by atoms with E-state index in [1.807, 2.05) is 23.8 Å². The van der Waals surface area contributed by atoms with E-state index in [0.717, 1.165) is 17.9 Å². The maximum Gasteiger partial charge on any atom is 0.269 e. The molecule has 0 aliphatic carbocycles. The van der Waals surface area contributed by atoms with Crippen molar-refractivity contribution in [2.75, 3.05) is 6.54 Å². The number of pyridine rings is 1. The Kier molecular flexibility index (Phi) is 4.38. The summed E-state index contributed by atoms with van der Waals surface area (Å²) >= 11 is 0. The van der Waals surface area contributed by atoms with Crippen molar-refractivity contribution in [3.8, 4) is 18.0 Å². The van der Waals surface area contributed by atoms with Crippen LogP contribution < -0.4 is 5.32 Å². The van der Waals surface area contributed by atoms with Gasteiger partial charge in [0.2, 0.25) is 0 Å². The van der Waals surface area contributed by atoms with Crippen molar-refractivity contribution in [2.45, 2.75) is 31.8 Å². The van der Waals surface area contributed by atoms with Gasteiger partial charge in [0, 0.05) is 44.4 Å². The molecule has 0 atom stereocenters. The van der Waals surface area contributed by atoms with E-state index < -0.39 is 0 Å². The third-order valence-electron chi connectivity index (χ3n) is 3.94. The first kappa shape index (κ1) is 15.9. The van der Waals surface area contributed by atoms with Gasteiger partial charge in [-0.25, -0.2) is 4.98 Å². The number of nitrogens with zero attached hydrogens (tertiary/aromatic N) is 5. The first-order valence-corrected chi connectivity index (χ1v) is 7.76. The first-order valence-electron chi connectivity index (χ1n) is 7.76. The number of carbonyl (C=O) groups is 1. The molecule has 0 aromatic carbocycles. The number of aryl methyl sites for hydroxylation is 1. The van der Waals surface area contributed by atoms with Gasteiger partial charge >= 0.3 is 0 Å². The number of amides is 1. The average molecular weight is 322 g/mol. The fraction of sp³-hybridized carbons (Fsp3) is 0.353. The highest BCUT2D eigenvalue weighted by Gasteiger charge is 2.38. The van der Waals surface area contributed by atoms with Crippen LogP contribution in [0.3, 0.4) is 0 Å². The summed E-state index contributed by atoms with van der Waals surface area (Å²) in [6.45, 7) is 2.38. The van der Waals surface area contributed by atoms with Crippen molar-refractivity contribution in [2.24, 2.45) is 10.2 Å². The number of terminal acetylenes is 1. The predicted molar refractivity (Wildman–Crippen MR) is 88.7 cm³/mol. The minimum Gasteiger partial charge on any atom is -0.351 e. The lowest BCUT2D eigenvalue weighted by Gasteiger charge is -2.10. The molecule has 1 N–H and O–H groups in total. The van der Waals surface area contributed by atoms with Crippen LogP contribution in [0.5, 0.6) is 0 Å². The molecule has 2 aromatic rings. The van der Waals surface area contributed by atoms with E-state index in [4.69, 9.17) is 6.42 Å². The second-order valence-corrected chi connectivity index (χ2v) is 5.64. The van der Waals surface area contributed by atoms with Crippen LogP contribution >= 0.6 is 0 Å². The lowest BCUT2D eigenvalue weighted by molar-refractivity contribution is 0.0947. The van der Waals surface area contributed by atoms with Crippen molar-refractivity contribution in [1.29, 1.82) is 0 Å². The summed E-state index contributed by atoms with van der Waals surface area (Å²) in [5.41, 5.74) is 0.828. The zero-order valence-electron chi connectivity index (χ0n) is 13.4. The van der Waals surface area contributed by atoms with E-state index in [0.29, 0.717) is 25.1 Å². The van der Waals surface area contributed by atoms with Gasteiger partial charge in [0.25, 0.3) is 5.91 Å². The molecule has 0 fully saturated rings. The fourth-order valence-electron chi connectivity index (χ4n) is 2.48. The van der Waals surface area contributed by atoms with Gasteiger partial charge in [-0.1, -0.05) is 0 Å². The normalized spacial score (nSPS) is 14.2. The fourth-order valence-corrected chi connectivity index (χ4v) is 2.48. The number of hydrogen-bond acceptors (Lipinski definition) is 5. The molecule has 0 bridgehead atoms. The van der Waals surface area contributed by atoms with Gasteiger partial charge in [-0.05, 0) is 19.1 Å². The minimum atomic E-state index is -0.386. The zero-order valence-corrected chi connectivity index (χ0v) is 13.4. The van der Waals surface area contributed by atoms with Crippen LogP contribution in [0.2, 0.25) is 0 Å². The molecule has 122 valence electrons. The van der Waals surface area contributed by atoms with Crippen LogP contribution in [0.1, 0.15) is 35.6 Å². The Hall–Kier alpha value is -3.01. The molecular weight excluding hydrogens is 304 g/mol. The van der Waals surface area contributed by atoms with E-state index in [1.165, 1.54) is 0 Å². The smallest absolute Gasteiger partial charge is 0.269 e. The molecule has 1 amide bonds. The Bertz CT molecular complexity index is 810. The number of carbonyl (C=O) groups excluding carboxylic acids is 1. The highest BCUT2D eigenvalue weighted by atomic mass is 16.1. The van der Waals surface area contributed by atoms with Crippen LogP contribution in [-0.2, 0) is 0 Å². The highest BCUT2D eigenvalue weighted by molar-refractivity contribution is 5.92. The quantitative estimate of drug-likeness (QED) is 0.794. The van der Waals surface area contributed by atoms with Crippen molar-refractivity contribution in [1.82, 2.24) is 19.9 Å². The third kappa shape index (κ3) is 3.49. The molecule has 3 rings (SSSR count).